The van der Waals surface area contributed by atoms with Crippen molar-refractivity contribution in [2.24, 2.45) is 0 Å². The fraction of sp³-hybridized carbons (Fsp3) is 0.167. The normalized spacial score (nSPS) is 10.9. The van der Waals surface area contributed by atoms with Crippen molar-refractivity contribution < 1.29 is 14.7 Å². The highest BCUT2D eigenvalue weighted by molar-refractivity contribution is 7.21. The number of carbonyl (C=O) groups excluding carboxylic acids is 1. The SMILES string of the molecule is CC(C)c1c(C#N)c(N)[nH+]c2sc(C(=O)c3ccc([N+](=O)[O-])cc3)c(N)c12. The Hall–Kier alpha value is -3.51. The van der Waals surface area contributed by atoms with Crippen LogP contribution in [0.2, 0.25) is 0 Å². The molecule has 0 bridgehead atoms. The molecule has 2 aromatic heterocycles. The molecule has 0 atom stereocenters. The summed E-state index contributed by atoms with van der Waals surface area (Å²) in [6, 6.07) is 7.43. The number of hydrogen-bond acceptors (Lipinski definition) is 7. The van der Waals surface area contributed by atoms with Crippen LogP contribution < -0.4 is 16.5 Å². The molecular weight excluding hydrogens is 366 g/mol. The van der Waals surface area contributed by atoms with Crippen molar-refractivity contribution in [3.05, 3.63) is 55.9 Å². The van der Waals surface area contributed by atoms with E-state index in [-0.39, 0.29) is 28.9 Å². The second-order valence-corrected chi connectivity index (χ2v) is 7.30. The van der Waals surface area contributed by atoms with Crippen molar-refractivity contribution in [3.63, 3.8) is 0 Å². The predicted molar refractivity (Wildman–Crippen MR) is 103 cm³/mol. The standard InChI is InChI=1S/C18H15N5O3S/c1-8(2)12-11(7-19)17(21)22-18-13(12)14(20)16(27-18)15(24)9-3-5-10(6-4-9)23(25)26/h3-6,8H,20H2,1-2H3,(H2,21,22)/p+1. The molecule has 9 heteroatoms. The molecule has 0 aliphatic heterocycles. The lowest BCUT2D eigenvalue weighted by Gasteiger charge is -2.09. The van der Waals surface area contributed by atoms with Crippen LogP contribution in [0.15, 0.2) is 24.3 Å². The number of hydrogen-bond donors (Lipinski definition) is 2. The number of carbonyl (C=O) groups is 1. The second-order valence-electron chi connectivity index (χ2n) is 6.28. The minimum absolute atomic E-state index is 0.0294. The third kappa shape index (κ3) is 2.96. The highest BCUT2D eigenvalue weighted by Gasteiger charge is 2.27. The number of rotatable bonds is 4. The zero-order valence-corrected chi connectivity index (χ0v) is 15.4. The maximum atomic E-state index is 12.9. The number of nitro groups is 1. The summed E-state index contributed by atoms with van der Waals surface area (Å²) in [6.45, 7) is 3.84. The smallest absolute Gasteiger partial charge is 0.289 e. The summed E-state index contributed by atoms with van der Waals surface area (Å²) >= 11 is 1.15. The van der Waals surface area contributed by atoms with Crippen molar-refractivity contribution >= 4 is 44.5 Å². The number of non-ortho nitro benzene ring substituents is 1. The molecule has 5 N–H and O–H groups in total. The first-order valence-corrected chi connectivity index (χ1v) is 8.83. The van der Waals surface area contributed by atoms with Gasteiger partial charge in [-0.3, -0.25) is 20.6 Å². The zero-order valence-electron chi connectivity index (χ0n) is 14.6. The molecule has 0 aliphatic carbocycles. The van der Waals surface area contributed by atoms with Crippen LogP contribution >= 0.6 is 11.3 Å². The maximum absolute atomic E-state index is 12.9. The van der Waals surface area contributed by atoms with Crippen molar-refractivity contribution in [1.29, 1.82) is 5.26 Å². The summed E-state index contributed by atoms with van der Waals surface area (Å²) in [6.07, 6.45) is 0. The van der Waals surface area contributed by atoms with E-state index in [1.165, 1.54) is 24.3 Å². The fourth-order valence-corrected chi connectivity index (χ4v) is 4.10. The van der Waals surface area contributed by atoms with Gasteiger partial charge in [0.25, 0.3) is 11.5 Å². The van der Waals surface area contributed by atoms with Crippen LogP contribution in [-0.2, 0) is 0 Å². The van der Waals surface area contributed by atoms with Crippen LogP contribution in [0.1, 0.15) is 46.1 Å². The number of H-pyrrole nitrogens is 1. The Morgan fingerprint density at radius 3 is 2.44 bits per heavy atom. The van der Waals surface area contributed by atoms with Gasteiger partial charge >= 0.3 is 0 Å². The summed E-state index contributed by atoms with van der Waals surface area (Å²) in [7, 11) is 0. The van der Waals surface area contributed by atoms with Crippen LogP contribution in [0.25, 0.3) is 10.2 Å². The minimum atomic E-state index is -0.530. The monoisotopic (exact) mass is 382 g/mol. The lowest BCUT2D eigenvalue weighted by Crippen LogP contribution is -2.15. The average Bonchev–Trinajstić information content (AvgIpc) is 2.95. The van der Waals surface area contributed by atoms with Crippen molar-refractivity contribution in [3.8, 4) is 6.07 Å². The molecule has 0 spiro atoms. The summed E-state index contributed by atoms with van der Waals surface area (Å²) in [5.41, 5.74) is 13.7. The van der Waals surface area contributed by atoms with E-state index in [0.717, 1.165) is 11.3 Å². The minimum Gasteiger partial charge on any atom is -0.397 e. The molecule has 0 amide bonds. The Kier molecular flexibility index (Phi) is 4.51. The zero-order chi connectivity index (χ0) is 19.9. The van der Waals surface area contributed by atoms with Gasteiger partial charge < -0.3 is 5.73 Å². The van der Waals surface area contributed by atoms with Crippen LogP contribution in [0, 0.1) is 21.4 Å². The summed E-state index contributed by atoms with van der Waals surface area (Å²) in [4.78, 5) is 27.0. The van der Waals surface area contributed by atoms with E-state index in [0.29, 0.717) is 31.8 Å². The lowest BCUT2D eigenvalue weighted by molar-refractivity contribution is -0.384. The van der Waals surface area contributed by atoms with E-state index in [1.54, 1.807) is 0 Å². The van der Waals surface area contributed by atoms with Gasteiger partial charge in [0.2, 0.25) is 5.78 Å². The number of aromatic amines is 1. The summed E-state index contributed by atoms with van der Waals surface area (Å²) < 4.78 is 0. The molecule has 0 aliphatic rings. The Bertz CT molecular complexity index is 1130. The van der Waals surface area contributed by atoms with Gasteiger partial charge in [0.1, 0.15) is 16.5 Å². The molecular formula is C18H16N5O3S+. The Morgan fingerprint density at radius 1 is 1.30 bits per heavy atom. The third-order valence-corrected chi connectivity index (χ3v) is 5.36. The Morgan fingerprint density at radius 2 is 1.93 bits per heavy atom. The molecule has 0 radical (unpaired) electrons. The maximum Gasteiger partial charge on any atom is 0.289 e. The van der Waals surface area contributed by atoms with E-state index < -0.39 is 4.92 Å². The van der Waals surface area contributed by atoms with Crippen molar-refractivity contribution in [2.75, 3.05) is 11.5 Å². The number of benzene rings is 1. The number of thiophene rings is 1. The Balaban J connectivity index is 2.20. The van der Waals surface area contributed by atoms with Gasteiger partial charge in [-0.1, -0.05) is 25.2 Å². The van der Waals surface area contributed by atoms with Gasteiger partial charge in [0.15, 0.2) is 4.83 Å². The van der Waals surface area contributed by atoms with E-state index in [2.05, 4.69) is 11.1 Å². The second kappa shape index (κ2) is 6.66. The number of nitrogens with one attached hydrogen (secondary N) is 1. The van der Waals surface area contributed by atoms with Crippen LogP contribution in [0.5, 0.6) is 0 Å². The summed E-state index contributed by atoms with van der Waals surface area (Å²) in [5.74, 6) is -0.147. The molecule has 3 rings (SSSR count). The average molecular weight is 382 g/mol. The van der Waals surface area contributed by atoms with Gasteiger partial charge in [-0.15, -0.1) is 0 Å². The number of nitrogen functional groups attached to an aromatic ring is 2. The molecule has 0 unspecified atom stereocenters. The largest absolute Gasteiger partial charge is 0.397 e. The molecule has 1 aromatic carbocycles. The molecule has 136 valence electrons. The van der Waals surface area contributed by atoms with E-state index in [4.69, 9.17) is 11.5 Å². The van der Waals surface area contributed by atoms with Crippen LogP contribution in [0.4, 0.5) is 17.2 Å². The van der Waals surface area contributed by atoms with Crippen molar-refractivity contribution in [2.45, 2.75) is 19.8 Å². The van der Waals surface area contributed by atoms with Gasteiger partial charge in [-0.25, -0.2) is 4.98 Å². The van der Waals surface area contributed by atoms with E-state index in [1.807, 2.05) is 13.8 Å². The van der Waals surface area contributed by atoms with Crippen LogP contribution in [0.3, 0.4) is 0 Å². The topological polar surface area (TPSA) is 150 Å². The first-order chi connectivity index (χ1) is 12.8. The highest BCUT2D eigenvalue weighted by Crippen LogP contribution is 2.39. The quantitative estimate of drug-likeness (QED) is 0.402. The number of ketones is 1. The number of aromatic nitrogens is 1. The summed E-state index contributed by atoms with van der Waals surface area (Å²) in [5, 5.41) is 20.8. The van der Waals surface area contributed by atoms with Gasteiger partial charge in [-0.05, 0) is 23.6 Å². The van der Waals surface area contributed by atoms with Gasteiger partial charge in [-0.2, -0.15) is 5.26 Å². The first kappa shape index (κ1) is 18.3. The number of nitrogens with two attached hydrogens (primary N) is 2. The first-order valence-electron chi connectivity index (χ1n) is 8.02. The van der Waals surface area contributed by atoms with Gasteiger partial charge in [0, 0.05) is 17.7 Å². The number of nitro benzene ring substituents is 1. The van der Waals surface area contributed by atoms with Crippen molar-refractivity contribution in [1.82, 2.24) is 0 Å². The number of nitrogens with zero attached hydrogens (tertiary/aromatic N) is 2. The van der Waals surface area contributed by atoms with E-state index >= 15 is 0 Å². The number of pyridine rings is 1. The highest BCUT2D eigenvalue weighted by atomic mass is 32.1. The number of anilines is 2. The van der Waals surface area contributed by atoms with E-state index in [9.17, 15) is 20.2 Å². The Labute approximate surface area is 158 Å². The molecule has 27 heavy (non-hydrogen) atoms. The fourth-order valence-electron chi connectivity index (χ4n) is 2.99. The molecule has 0 saturated carbocycles. The van der Waals surface area contributed by atoms with Crippen LogP contribution in [-0.4, -0.2) is 10.7 Å². The molecule has 2 heterocycles. The lowest BCUT2D eigenvalue weighted by atomic mass is 9.94. The third-order valence-electron chi connectivity index (χ3n) is 4.24. The number of fused-ring (bicyclic) bond motifs is 1. The predicted octanol–water partition coefficient (Wildman–Crippen LogP) is 3.01. The number of nitriles is 1. The molecule has 0 saturated heterocycles. The molecule has 3 aromatic rings. The van der Waals surface area contributed by atoms with Gasteiger partial charge in [0.05, 0.1) is 16.0 Å². The molecule has 8 nitrogen and oxygen atoms in total. The molecule has 0 fully saturated rings.